The van der Waals surface area contributed by atoms with E-state index < -0.39 is 10.0 Å². The molecule has 1 amide bonds. The minimum atomic E-state index is -3.76. The third-order valence-corrected chi connectivity index (χ3v) is 7.55. The smallest absolute Gasteiger partial charge is 0.251 e. The number of sulfonamides is 1. The summed E-state index contributed by atoms with van der Waals surface area (Å²) < 4.78 is 30.1. The van der Waals surface area contributed by atoms with Crippen molar-refractivity contribution in [3.05, 3.63) is 113 Å². The highest BCUT2D eigenvalue weighted by atomic mass is 32.2. The van der Waals surface area contributed by atoms with E-state index in [4.69, 9.17) is 5.10 Å². The normalized spacial score (nSPS) is 12.9. The molecule has 0 atom stereocenters. The van der Waals surface area contributed by atoms with Crippen LogP contribution in [0.4, 0.5) is 0 Å². The lowest BCUT2D eigenvalue weighted by Gasteiger charge is -2.09. The van der Waals surface area contributed by atoms with Crippen LogP contribution < -0.4 is 10.0 Å². The molecule has 1 aliphatic carbocycles. The van der Waals surface area contributed by atoms with E-state index in [-0.39, 0.29) is 29.5 Å². The number of benzene rings is 3. The number of nitrogens with zero attached hydrogens (tertiary/aromatic N) is 2. The second-order valence-corrected chi connectivity index (χ2v) is 10.3. The summed E-state index contributed by atoms with van der Waals surface area (Å²) in [6, 6.07) is 25.3. The standard InChI is InChI=1S/C27H26N4O3S/c32-27(21-11-7-14-23(17-21)35(33,34)29-18-20-9-3-1-4-10-20)28-19-25-24-15-8-16-26(24)31(30-25)22-12-5-2-6-13-22/h1-7,9-14,17,29H,8,15-16,18-19H2,(H,28,32). The molecule has 0 unspecified atom stereocenters. The summed E-state index contributed by atoms with van der Waals surface area (Å²) in [5.41, 5.74) is 5.37. The number of fused-ring (bicyclic) bond motifs is 1. The van der Waals surface area contributed by atoms with Crippen LogP contribution in [0.25, 0.3) is 5.69 Å². The van der Waals surface area contributed by atoms with Crippen molar-refractivity contribution >= 4 is 15.9 Å². The van der Waals surface area contributed by atoms with Gasteiger partial charge in [-0.1, -0.05) is 54.6 Å². The summed E-state index contributed by atoms with van der Waals surface area (Å²) in [7, 11) is -3.76. The van der Waals surface area contributed by atoms with Gasteiger partial charge in [0.1, 0.15) is 0 Å². The van der Waals surface area contributed by atoms with Gasteiger partial charge in [-0.05, 0) is 60.7 Å². The lowest BCUT2D eigenvalue weighted by Crippen LogP contribution is -2.25. The van der Waals surface area contributed by atoms with Crippen LogP contribution in [0.1, 0.15) is 39.3 Å². The van der Waals surface area contributed by atoms with Gasteiger partial charge in [-0.15, -0.1) is 0 Å². The van der Waals surface area contributed by atoms with Crippen LogP contribution >= 0.6 is 0 Å². The molecular weight excluding hydrogens is 460 g/mol. The highest BCUT2D eigenvalue weighted by Crippen LogP contribution is 2.27. The van der Waals surface area contributed by atoms with Gasteiger partial charge in [0.25, 0.3) is 5.91 Å². The number of hydrogen-bond acceptors (Lipinski definition) is 4. The van der Waals surface area contributed by atoms with Crippen LogP contribution in [0.15, 0.2) is 89.8 Å². The number of para-hydroxylation sites is 1. The van der Waals surface area contributed by atoms with Crippen molar-refractivity contribution in [2.75, 3.05) is 0 Å². The molecule has 0 bridgehead atoms. The van der Waals surface area contributed by atoms with Crippen LogP contribution in [0.3, 0.4) is 0 Å². The van der Waals surface area contributed by atoms with E-state index in [1.807, 2.05) is 65.3 Å². The maximum atomic E-state index is 12.9. The molecule has 5 rings (SSSR count). The molecule has 0 radical (unpaired) electrons. The van der Waals surface area contributed by atoms with Crippen molar-refractivity contribution in [1.29, 1.82) is 0 Å². The van der Waals surface area contributed by atoms with Gasteiger partial charge in [-0.25, -0.2) is 17.8 Å². The van der Waals surface area contributed by atoms with Crippen LogP contribution in [0.5, 0.6) is 0 Å². The summed E-state index contributed by atoms with van der Waals surface area (Å²) in [5, 5.41) is 7.69. The molecule has 35 heavy (non-hydrogen) atoms. The number of carbonyl (C=O) groups excluding carboxylic acids is 1. The Kier molecular flexibility index (Phi) is 6.48. The molecule has 4 aromatic rings. The van der Waals surface area contributed by atoms with Gasteiger partial charge in [0.15, 0.2) is 0 Å². The molecule has 2 N–H and O–H groups in total. The van der Waals surface area contributed by atoms with Crippen molar-refractivity contribution in [2.24, 2.45) is 0 Å². The van der Waals surface area contributed by atoms with Crippen LogP contribution in [0, 0.1) is 0 Å². The number of amides is 1. The predicted octanol–water partition coefficient (Wildman–Crippen LogP) is 3.77. The van der Waals surface area contributed by atoms with Crippen LogP contribution in [-0.4, -0.2) is 24.1 Å². The fourth-order valence-corrected chi connectivity index (χ4v) is 5.43. The molecule has 7 nitrogen and oxygen atoms in total. The maximum Gasteiger partial charge on any atom is 0.251 e. The molecule has 0 fully saturated rings. The zero-order chi connectivity index (χ0) is 24.3. The Bertz CT molecular complexity index is 1450. The Balaban J connectivity index is 1.29. The fourth-order valence-electron chi connectivity index (χ4n) is 4.37. The topological polar surface area (TPSA) is 93.1 Å². The predicted molar refractivity (Wildman–Crippen MR) is 134 cm³/mol. The second kappa shape index (κ2) is 9.85. The minimum Gasteiger partial charge on any atom is -0.346 e. The minimum absolute atomic E-state index is 0.0512. The first kappa shape index (κ1) is 23.0. The van der Waals surface area contributed by atoms with Gasteiger partial charge in [-0.3, -0.25) is 4.79 Å². The number of nitrogens with one attached hydrogen (secondary N) is 2. The molecule has 0 spiro atoms. The zero-order valence-electron chi connectivity index (χ0n) is 19.1. The highest BCUT2D eigenvalue weighted by Gasteiger charge is 2.23. The van der Waals surface area contributed by atoms with E-state index in [9.17, 15) is 13.2 Å². The van der Waals surface area contributed by atoms with Gasteiger partial charge in [-0.2, -0.15) is 5.10 Å². The number of carbonyl (C=O) groups is 1. The summed E-state index contributed by atoms with van der Waals surface area (Å²) >= 11 is 0. The largest absolute Gasteiger partial charge is 0.346 e. The maximum absolute atomic E-state index is 12.9. The van der Waals surface area contributed by atoms with Gasteiger partial charge in [0.2, 0.25) is 10.0 Å². The Hall–Kier alpha value is -3.75. The van der Waals surface area contributed by atoms with Gasteiger partial charge < -0.3 is 5.32 Å². The molecule has 1 aromatic heterocycles. The van der Waals surface area contributed by atoms with Gasteiger partial charge in [0, 0.05) is 17.8 Å². The van der Waals surface area contributed by atoms with E-state index in [1.165, 1.54) is 23.4 Å². The quantitative estimate of drug-likeness (QED) is 0.397. The van der Waals surface area contributed by atoms with Crippen molar-refractivity contribution in [3.63, 3.8) is 0 Å². The molecule has 3 aromatic carbocycles. The summed E-state index contributed by atoms with van der Waals surface area (Å²) in [5.74, 6) is -0.342. The lowest BCUT2D eigenvalue weighted by molar-refractivity contribution is 0.0950. The molecule has 0 saturated heterocycles. The molecule has 0 aliphatic heterocycles. The first-order valence-corrected chi connectivity index (χ1v) is 13.1. The van der Waals surface area contributed by atoms with Gasteiger partial charge in [0.05, 0.1) is 22.8 Å². The molecular formula is C27H26N4O3S. The molecule has 8 heteroatoms. The van der Waals surface area contributed by atoms with Crippen LogP contribution in [-0.2, 0) is 36.0 Å². The fraction of sp³-hybridized carbons (Fsp3) is 0.185. The summed E-state index contributed by atoms with van der Waals surface area (Å²) in [4.78, 5) is 12.9. The van der Waals surface area contributed by atoms with E-state index in [0.717, 1.165) is 36.2 Å². The Labute approximate surface area is 204 Å². The van der Waals surface area contributed by atoms with Crippen molar-refractivity contribution < 1.29 is 13.2 Å². The Morgan fingerprint density at radius 1 is 0.886 bits per heavy atom. The number of rotatable bonds is 8. The van der Waals surface area contributed by atoms with E-state index >= 15 is 0 Å². The SMILES string of the molecule is O=C(NCc1nn(-c2ccccc2)c2c1CCC2)c1cccc(S(=O)(=O)NCc2ccccc2)c1. The molecule has 0 saturated carbocycles. The Morgan fingerprint density at radius 2 is 1.63 bits per heavy atom. The summed E-state index contributed by atoms with van der Waals surface area (Å²) in [6.07, 6.45) is 2.96. The summed E-state index contributed by atoms with van der Waals surface area (Å²) in [6.45, 7) is 0.457. The van der Waals surface area contributed by atoms with Crippen molar-refractivity contribution in [2.45, 2.75) is 37.2 Å². The monoisotopic (exact) mass is 486 g/mol. The zero-order valence-corrected chi connectivity index (χ0v) is 20.0. The third-order valence-electron chi connectivity index (χ3n) is 6.15. The first-order chi connectivity index (χ1) is 17.0. The Morgan fingerprint density at radius 3 is 2.40 bits per heavy atom. The molecule has 178 valence electrons. The van der Waals surface area contributed by atoms with E-state index in [0.29, 0.717) is 0 Å². The first-order valence-electron chi connectivity index (χ1n) is 11.6. The highest BCUT2D eigenvalue weighted by molar-refractivity contribution is 7.89. The van der Waals surface area contributed by atoms with E-state index in [2.05, 4.69) is 10.0 Å². The molecule has 1 heterocycles. The van der Waals surface area contributed by atoms with E-state index in [1.54, 1.807) is 12.1 Å². The average molecular weight is 487 g/mol. The third kappa shape index (κ3) is 5.03. The van der Waals surface area contributed by atoms with Crippen molar-refractivity contribution in [3.8, 4) is 5.69 Å². The number of aromatic nitrogens is 2. The van der Waals surface area contributed by atoms with Gasteiger partial charge >= 0.3 is 0 Å². The lowest BCUT2D eigenvalue weighted by atomic mass is 10.2. The number of hydrogen-bond donors (Lipinski definition) is 2. The molecule has 1 aliphatic rings. The average Bonchev–Trinajstić information content (AvgIpc) is 3.51. The van der Waals surface area contributed by atoms with Crippen LogP contribution in [0.2, 0.25) is 0 Å². The van der Waals surface area contributed by atoms with Crippen molar-refractivity contribution in [1.82, 2.24) is 19.8 Å². The second-order valence-electron chi connectivity index (χ2n) is 8.49.